The minimum absolute atomic E-state index is 0.605. The van der Waals surface area contributed by atoms with Gasteiger partial charge >= 0.3 is 0 Å². The van der Waals surface area contributed by atoms with Crippen LogP contribution in [0.5, 0.6) is 0 Å². The number of anilines is 1. The summed E-state index contributed by atoms with van der Waals surface area (Å²) >= 11 is 0. The molecule has 0 radical (unpaired) electrons. The number of hydrogen-bond acceptors (Lipinski definition) is 3. The number of hydrogen-bond donors (Lipinski definition) is 0. The van der Waals surface area contributed by atoms with Gasteiger partial charge in [0.15, 0.2) is 6.29 Å². The molecule has 0 bridgehead atoms. The first-order valence-corrected chi connectivity index (χ1v) is 5.03. The molecular formula is C11H14N2O. The van der Waals surface area contributed by atoms with E-state index in [4.69, 9.17) is 0 Å². The molecular weight excluding hydrogens is 176 g/mol. The molecule has 1 aromatic heterocycles. The number of carbonyl (C=O) groups excluding carboxylic acids is 1. The Balaban J connectivity index is 2.32. The van der Waals surface area contributed by atoms with Gasteiger partial charge in [-0.15, -0.1) is 0 Å². The van der Waals surface area contributed by atoms with Crippen LogP contribution >= 0.6 is 0 Å². The van der Waals surface area contributed by atoms with Crippen LogP contribution < -0.4 is 4.90 Å². The van der Waals surface area contributed by atoms with Crippen molar-refractivity contribution in [1.29, 1.82) is 0 Å². The molecule has 1 aromatic rings. The van der Waals surface area contributed by atoms with Gasteiger partial charge in [-0.25, -0.2) is 4.98 Å². The number of aromatic nitrogens is 1. The van der Waals surface area contributed by atoms with Gasteiger partial charge in [0.05, 0.1) is 5.56 Å². The smallest absolute Gasteiger partial charge is 0.153 e. The van der Waals surface area contributed by atoms with E-state index in [1.54, 1.807) is 12.3 Å². The molecule has 0 spiro atoms. The summed E-state index contributed by atoms with van der Waals surface area (Å²) in [5, 5.41) is 0. The topological polar surface area (TPSA) is 33.2 Å². The van der Waals surface area contributed by atoms with Gasteiger partial charge in [0.1, 0.15) is 5.82 Å². The molecule has 0 unspecified atom stereocenters. The zero-order valence-electron chi connectivity index (χ0n) is 8.31. The third-order valence-electron chi connectivity index (χ3n) is 2.54. The lowest BCUT2D eigenvalue weighted by molar-refractivity contribution is 0.112. The second-order valence-corrected chi connectivity index (χ2v) is 3.55. The highest BCUT2D eigenvalue weighted by atomic mass is 16.1. The van der Waals surface area contributed by atoms with Crippen molar-refractivity contribution in [3.63, 3.8) is 0 Å². The Bertz CT molecular complexity index is 334. The van der Waals surface area contributed by atoms with E-state index in [1.165, 1.54) is 12.8 Å². The minimum Gasteiger partial charge on any atom is -0.353 e. The van der Waals surface area contributed by atoms with Crippen molar-refractivity contribution in [3.8, 4) is 0 Å². The van der Waals surface area contributed by atoms with E-state index in [1.807, 2.05) is 6.07 Å². The van der Waals surface area contributed by atoms with Crippen molar-refractivity contribution in [2.24, 2.45) is 0 Å². The Labute approximate surface area is 83.8 Å². The van der Waals surface area contributed by atoms with Crippen LogP contribution in [0, 0.1) is 0 Å². The summed E-state index contributed by atoms with van der Waals surface area (Å²) in [7, 11) is 0. The van der Waals surface area contributed by atoms with Gasteiger partial charge in [-0.3, -0.25) is 4.79 Å². The van der Waals surface area contributed by atoms with E-state index in [0.29, 0.717) is 11.6 Å². The van der Waals surface area contributed by atoms with Crippen LogP contribution in [-0.4, -0.2) is 23.9 Å². The highest BCUT2D eigenvalue weighted by molar-refractivity contribution is 5.82. The molecule has 0 atom stereocenters. The summed E-state index contributed by atoms with van der Waals surface area (Å²) in [5.74, 6) is 0.840. The van der Waals surface area contributed by atoms with Gasteiger partial charge in [0, 0.05) is 18.8 Å². The van der Waals surface area contributed by atoms with Crippen LogP contribution in [0.2, 0.25) is 0 Å². The quantitative estimate of drug-likeness (QED) is 0.680. The van der Waals surface area contributed by atoms with E-state index in [-0.39, 0.29) is 0 Å². The minimum atomic E-state index is 0.605. The second kappa shape index (κ2) is 3.78. The molecule has 1 aliphatic rings. The Kier molecular flexibility index (Phi) is 2.48. The third-order valence-corrected chi connectivity index (χ3v) is 2.54. The Morgan fingerprint density at radius 1 is 1.64 bits per heavy atom. The summed E-state index contributed by atoms with van der Waals surface area (Å²) in [4.78, 5) is 17.3. The fourth-order valence-corrected chi connectivity index (χ4v) is 1.71. The highest BCUT2D eigenvalue weighted by Crippen LogP contribution is 2.31. The van der Waals surface area contributed by atoms with E-state index in [9.17, 15) is 4.79 Å². The molecule has 1 fully saturated rings. The van der Waals surface area contributed by atoms with Crippen molar-refractivity contribution < 1.29 is 4.79 Å². The first kappa shape index (κ1) is 9.19. The lowest BCUT2D eigenvalue weighted by Gasteiger charge is -2.22. The molecule has 1 heterocycles. The number of carbonyl (C=O) groups is 1. The van der Waals surface area contributed by atoms with Gasteiger partial charge in [-0.2, -0.15) is 0 Å². The Hall–Kier alpha value is -1.38. The number of nitrogens with zero attached hydrogens (tertiary/aromatic N) is 2. The van der Waals surface area contributed by atoms with Crippen LogP contribution in [0.25, 0.3) is 0 Å². The predicted octanol–water partition coefficient (Wildman–Crippen LogP) is 1.88. The van der Waals surface area contributed by atoms with Crippen LogP contribution in [0.15, 0.2) is 18.3 Å². The van der Waals surface area contributed by atoms with E-state index in [2.05, 4.69) is 16.8 Å². The summed E-state index contributed by atoms with van der Waals surface area (Å²) in [5.41, 5.74) is 0.696. The summed E-state index contributed by atoms with van der Waals surface area (Å²) in [6, 6.07) is 4.22. The zero-order chi connectivity index (χ0) is 9.97. The van der Waals surface area contributed by atoms with E-state index >= 15 is 0 Å². The maximum absolute atomic E-state index is 10.8. The molecule has 0 amide bonds. The molecule has 0 aromatic carbocycles. The van der Waals surface area contributed by atoms with E-state index in [0.717, 1.165) is 18.6 Å². The van der Waals surface area contributed by atoms with E-state index < -0.39 is 0 Å². The fraction of sp³-hybridized carbons (Fsp3) is 0.455. The number of aldehydes is 1. The second-order valence-electron chi connectivity index (χ2n) is 3.55. The Morgan fingerprint density at radius 3 is 3.00 bits per heavy atom. The molecule has 14 heavy (non-hydrogen) atoms. The van der Waals surface area contributed by atoms with Gasteiger partial charge in [-0.05, 0) is 31.9 Å². The molecule has 0 aliphatic heterocycles. The third kappa shape index (κ3) is 1.62. The SMILES string of the molecule is CCN(c1ncccc1C=O)C1CC1. The summed E-state index contributed by atoms with van der Waals surface area (Å²) in [6.45, 7) is 3.02. The van der Waals surface area contributed by atoms with Crippen molar-refractivity contribution in [2.45, 2.75) is 25.8 Å². The lowest BCUT2D eigenvalue weighted by Crippen LogP contribution is -2.27. The fourth-order valence-electron chi connectivity index (χ4n) is 1.71. The molecule has 74 valence electrons. The molecule has 1 aliphatic carbocycles. The molecule has 2 rings (SSSR count). The lowest BCUT2D eigenvalue weighted by atomic mass is 10.2. The van der Waals surface area contributed by atoms with Crippen LogP contribution in [0.3, 0.4) is 0 Å². The van der Waals surface area contributed by atoms with Gasteiger partial charge < -0.3 is 4.90 Å². The Morgan fingerprint density at radius 2 is 2.43 bits per heavy atom. The maximum Gasteiger partial charge on any atom is 0.153 e. The number of pyridine rings is 1. The zero-order valence-corrected chi connectivity index (χ0v) is 8.31. The summed E-state index contributed by atoms with van der Waals surface area (Å²) in [6.07, 6.45) is 5.08. The maximum atomic E-state index is 10.8. The predicted molar refractivity (Wildman–Crippen MR) is 55.7 cm³/mol. The van der Waals surface area contributed by atoms with Crippen LogP contribution in [0.1, 0.15) is 30.1 Å². The molecule has 3 nitrogen and oxygen atoms in total. The number of rotatable bonds is 4. The normalized spacial score (nSPS) is 15.2. The first-order valence-electron chi connectivity index (χ1n) is 5.03. The highest BCUT2D eigenvalue weighted by Gasteiger charge is 2.29. The van der Waals surface area contributed by atoms with Crippen molar-refractivity contribution in [1.82, 2.24) is 4.98 Å². The molecule has 1 saturated carbocycles. The largest absolute Gasteiger partial charge is 0.353 e. The van der Waals surface area contributed by atoms with Crippen LogP contribution in [0.4, 0.5) is 5.82 Å². The standard InChI is InChI=1S/C11H14N2O/c1-2-13(10-5-6-10)11-9(8-14)4-3-7-12-11/h3-4,7-8,10H,2,5-6H2,1H3. The average molecular weight is 190 g/mol. The first-order chi connectivity index (χ1) is 6.86. The molecule has 0 saturated heterocycles. The van der Waals surface area contributed by atoms with Crippen molar-refractivity contribution in [3.05, 3.63) is 23.9 Å². The van der Waals surface area contributed by atoms with Crippen LogP contribution in [-0.2, 0) is 0 Å². The molecule has 3 heteroatoms. The summed E-state index contributed by atoms with van der Waals surface area (Å²) < 4.78 is 0. The van der Waals surface area contributed by atoms with Gasteiger partial charge in [0.2, 0.25) is 0 Å². The molecule has 0 N–H and O–H groups in total. The monoisotopic (exact) mass is 190 g/mol. The van der Waals surface area contributed by atoms with Crippen molar-refractivity contribution >= 4 is 12.1 Å². The van der Waals surface area contributed by atoms with Gasteiger partial charge in [0.25, 0.3) is 0 Å². The average Bonchev–Trinajstić information content (AvgIpc) is 3.04. The van der Waals surface area contributed by atoms with Gasteiger partial charge in [-0.1, -0.05) is 0 Å². The van der Waals surface area contributed by atoms with Crippen molar-refractivity contribution in [2.75, 3.05) is 11.4 Å².